The molecular weight excluding hydrogens is 362 g/mol. The van der Waals surface area contributed by atoms with Crippen molar-refractivity contribution in [2.45, 2.75) is 0 Å². The molecule has 0 unspecified atom stereocenters. The molecule has 0 aromatic heterocycles. The Hall–Kier alpha value is -3.01. The van der Waals surface area contributed by atoms with Crippen molar-refractivity contribution in [1.29, 1.82) is 0 Å². The van der Waals surface area contributed by atoms with Crippen LogP contribution in [0.15, 0.2) is 36.4 Å². The molecule has 0 saturated heterocycles. The topological polar surface area (TPSA) is 70.2 Å². The van der Waals surface area contributed by atoms with E-state index in [2.05, 4.69) is 10.9 Å². The van der Waals surface area contributed by atoms with Crippen LogP contribution >= 0.6 is 12.2 Å². The number of hydrogen-bond donors (Lipinski definition) is 3. The molecule has 0 aliphatic rings. The summed E-state index contributed by atoms with van der Waals surface area (Å²) in [6.07, 6.45) is 0. The Labute approximate surface area is 144 Å². The summed E-state index contributed by atoms with van der Waals surface area (Å²) in [5, 5.41) is 1.42. The predicted molar refractivity (Wildman–Crippen MR) is 83.4 cm³/mol. The third-order valence-corrected chi connectivity index (χ3v) is 3.10. The molecule has 0 radical (unpaired) electrons. The van der Waals surface area contributed by atoms with E-state index in [4.69, 9.17) is 12.2 Å². The van der Waals surface area contributed by atoms with Crippen molar-refractivity contribution in [3.8, 4) is 0 Å². The Morgan fingerprint density at radius 1 is 0.840 bits per heavy atom. The highest BCUT2D eigenvalue weighted by Crippen LogP contribution is 2.18. The average Bonchev–Trinajstić information content (AvgIpc) is 2.61. The molecule has 0 aliphatic heterocycles. The summed E-state index contributed by atoms with van der Waals surface area (Å²) in [6.45, 7) is 0. The Balaban J connectivity index is 1.99. The number of nitrogens with one attached hydrogen (secondary N) is 3. The SMILES string of the molecule is O=C(NNC(=S)NC(=O)c1cc(F)c(F)c(F)c1F)c1ccccc1. The van der Waals surface area contributed by atoms with Gasteiger partial charge in [0.25, 0.3) is 11.8 Å². The van der Waals surface area contributed by atoms with Gasteiger partial charge in [0, 0.05) is 5.56 Å². The molecule has 0 heterocycles. The molecule has 0 bridgehead atoms. The highest BCUT2D eigenvalue weighted by Gasteiger charge is 2.23. The van der Waals surface area contributed by atoms with Crippen molar-refractivity contribution in [2.75, 3.05) is 0 Å². The second-order valence-corrected chi connectivity index (χ2v) is 4.98. The Morgan fingerprint density at radius 2 is 1.48 bits per heavy atom. The smallest absolute Gasteiger partial charge is 0.269 e. The van der Waals surface area contributed by atoms with E-state index < -0.39 is 45.8 Å². The molecule has 130 valence electrons. The molecular formula is C15H9F4N3O2S. The van der Waals surface area contributed by atoms with E-state index in [9.17, 15) is 27.2 Å². The average molecular weight is 371 g/mol. The lowest BCUT2D eigenvalue weighted by Gasteiger charge is -2.11. The molecule has 0 spiro atoms. The molecule has 2 aromatic rings. The summed E-state index contributed by atoms with van der Waals surface area (Å²) in [5.41, 5.74) is 3.51. The van der Waals surface area contributed by atoms with Crippen LogP contribution in [0.2, 0.25) is 0 Å². The van der Waals surface area contributed by atoms with Gasteiger partial charge in [0.1, 0.15) is 0 Å². The van der Waals surface area contributed by atoms with Crippen LogP contribution in [0.25, 0.3) is 0 Å². The lowest BCUT2D eigenvalue weighted by molar-refractivity contribution is 0.0933. The number of hydrogen-bond acceptors (Lipinski definition) is 3. The number of hydrazine groups is 1. The van der Waals surface area contributed by atoms with Gasteiger partial charge in [-0.2, -0.15) is 0 Å². The normalized spacial score (nSPS) is 10.1. The van der Waals surface area contributed by atoms with Gasteiger partial charge in [-0.3, -0.25) is 25.8 Å². The quantitative estimate of drug-likeness (QED) is 0.249. The number of benzene rings is 2. The standard InChI is InChI=1S/C15H9F4N3O2S/c16-9-6-8(10(17)12(19)11(9)18)14(24)20-15(25)22-21-13(23)7-4-2-1-3-5-7/h1-6H,(H,21,23)(H2,20,22,24,25). The minimum Gasteiger partial charge on any atom is -0.298 e. The van der Waals surface area contributed by atoms with E-state index in [1.54, 1.807) is 18.2 Å². The van der Waals surface area contributed by atoms with Crippen LogP contribution in [0.1, 0.15) is 20.7 Å². The first-order chi connectivity index (χ1) is 11.8. The van der Waals surface area contributed by atoms with Gasteiger partial charge in [0.15, 0.2) is 28.4 Å². The van der Waals surface area contributed by atoms with E-state index in [0.717, 1.165) is 0 Å². The van der Waals surface area contributed by atoms with Gasteiger partial charge < -0.3 is 0 Å². The van der Waals surface area contributed by atoms with E-state index in [-0.39, 0.29) is 11.6 Å². The third-order valence-electron chi connectivity index (χ3n) is 2.90. The van der Waals surface area contributed by atoms with Gasteiger partial charge in [-0.25, -0.2) is 17.6 Å². The largest absolute Gasteiger partial charge is 0.298 e. The summed E-state index contributed by atoms with van der Waals surface area (Å²) in [5.74, 6) is -9.68. The number of rotatable bonds is 2. The summed E-state index contributed by atoms with van der Waals surface area (Å²) in [6, 6.07) is 8.15. The predicted octanol–water partition coefficient (Wildman–Crippen LogP) is 2.19. The van der Waals surface area contributed by atoms with Crippen LogP contribution in [0, 0.1) is 23.3 Å². The van der Waals surface area contributed by atoms with Crippen LogP contribution in [0.5, 0.6) is 0 Å². The van der Waals surface area contributed by atoms with Crippen LogP contribution in [-0.2, 0) is 0 Å². The van der Waals surface area contributed by atoms with Crippen LogP contribution in [0.3, 0.4) is 0 Å². The van der Waals surface area contributed by atoms with Gasteiger partial charge >= 0.3 is 0 Å². The molecule has 0 fully saturated rings. The number of halogens is 4. The number of amides is 2. The second-order valence-electron chi connectivity index (χ2n) is 4.58. The van der Waals surface area contributed by atoms with Gasteiger partial charge in [0.2, 0.25) is 0 Å². The van der Waals surface area contributed by atoms with Crippen LogP contribution in [0.4, 0.5) is 17.6 Å². The fraction of sp³-hybridized carbons (Fsp3) is 0. The molecule has 3 N–H and O–H groups in total. The maximum atomic E-state index is 13.5. The first-order valence-electron chi connectivity index (χ1n) is 6.61. The van der Waals surface area contributed by atoms with Crippen molar-refractivity contribution in [1.82, 2.24) is 16.2 Å². The van der Waals surface area contributed by atoms with E-state index in [0.29, 0.717) is 0 Å². The second kappa shape index (κ2) is 7.71. The maximum Gasteiger partial charge on any atom is 0.269 e. The molecule has 0 aliphatic carbocycles. The van der Waals surface area contributed by atoms with Crippen molar-refractivity contribution < 1.29 is 27.2 Å². The van der Waals surface area contributed by atoms with Crippen LogP contribution in [-0.4, -0.2) is 16.9 Å². The summed E-state index contributed by atoms with van der Waals surface area (Å²) in [7, 11) is 0. The van der Waals surface area contributed by atoms with Crippen molar-refractivity contribution in [2.24, 2.45) is 0 Å². The first kappa shape index (κ1) is 18.3. The van der Waals surface area contributed by atoms with Crippen molar-refractivity contribution >= 4 is 29.1 Å². The Morgan fingerprint density at radius 3 is 2.12 bits per heavy atom. The van der Waals surface area contributed by atoms with E-state index in [1.165, 1.54) is 12.1 Å². The molecule has 2 amide bonds. The zero-order valence-corrected chi connectivity index (χ0v) is 13.0. The van der Waals surface area contributed by atoms with E-state index in [1.807, 2.05) is 5.32 Å². The summed E-state index contributed by atoms with van der Waals surface area (Å²) in [4.78, 5) is 23.5. The Kier molecular flexibility index (Phi) is 5.65. The summed E-state index contributed by atoms with van der Waals surface area (Å²) < 4.78 is 52.6. The molecule has 0 saturated carbocycles. The number of carbonyl (C=O) groups excluding carboxylic acids is 2. The van der Waals surface area contributed by atoms with Crippen molar-refractivity contribution in [3.05, 3.63) is 70.8 Å². The molecule has 0 atom stereocenters. The fourth-order valence-electron chi connectivity index (χ4n) is 1.72. The number of carbonyl (C=O) groups is 2. The zero-order chi connectivity index (χ0) is 18.6. The minimum atomic E-state index is -2.12. The first-order valence-corrected chi connectivity index (χ1v) is 7.01. The molecule has 10 heteroatoms. The van der Waals surface area contributed by atoms with Gasteiger partial charge in [0.05, 0.1) is 5.56 Å². The zero-order valence-electron chi connectivity index (χ0n) is 12.2. The Bertz CT molecular complexity index is 846. The van der Waals surface area contributed by atoms with E-state index >= 15 is 0 Å². The number of thiocarbonyl (C=S) groups is 1. The third kappa shape index (κ3) is 4.29. The maximum absolute atomic E-state index is 13.5. The van der Waals surface area contributed by atoms with Gasteiger partial charge in [-0.05, 0) is 30.4 Å². The monoisotopic (exact) mass is 371 g/mol. The summed E-state index contributed by atoms with van der Waals surface area (Å²) >= 11 is 4.69. The van der Waals surface area contributed by atoms with Gasteiger partial charge in [-0.15, -0.1) is 0 Å². The lowest BCUT2D eigenvalue weighted by Crippen LogP contribution is -2.48. The van der Waals surface area contributed by atoms with Gasteiger partial charge in [-0.1, -0.05) is 18.2 Å². The molecule has 2 rings (SSSR count). The lowest BCUT2D eigenvalue weighted by atomic mass is 10.1. The van der Waals surface area contributed by atoms with Crippen LogP contribution < -0.4 is 16.2 Å². The highest BCUT2D eigenvalue weighted by molar-refractivity contribution is 7.80. The minimum absolute atomic E-state index is 0.189. The highest BCUT2D eigenvalue weighted by atomic mass is 32.1. The van der Waals surface area contributed by atoms with Crippen molar-refractivity contribution in [3.63, 3.8) is 0 Å². The molecule has 5 nitrogen and oxygen atoms in total. The fourth-order valence-corrected chi connectivity index (χ4v) is 1.86. The molecule has 2 aromatic carbocycles. The molecule has 25 heavy (non-hydrogen) atoms.